The number of likely N-dealkylation sites (tertiary alicyclic amines) is 1. The van der Waals surface area contributed by atoms with Gasteiger partial charge in [-0.05, 0) is 103 Å². The van der Waals surface area contributed by atoms with Gasteiger partial charge in [0.05, 0.1) is 74.1 Å². The zero-order valence-electron chi connectivity index (χ0n) is 34.1. The van der Waals surface area contributed by atoms with Crippen LogP contribution in [-0.2, 0) is 53.1 Å². The van der Waals surface area contributed by atoms with Crippen molar-refractivity contribution in [3.63, 3.8) is 0 Å². The van der Waals surface area contributed by atoms with Gasteiger partial charge in [0.15, 0.2) is 0 Å². The second-order valence-corrected chi connectivity index (χ2v) is 18.7. The van der Waals surface area contributed by atoms with Crippen molar-refractivity contribution in [2.75, 3.05) is 38.0 Å². The van der Waals surface area contributed by atoms with Crippen LogP contribution in [0.1, 0.15) is 62.4 Å². The Hall–Kier alpha value is -6.04. The van der Waals surface area contributed by atoms with Crippen LogP contribution < -0.4 is 20.1 Å². The first-order chi connectivity index (χ1) is 30.3. The van der Waals surface area contributed by atoms with Gasteiger partial charge in [-0.2, -0.15) is 0 Å². The monoisotopic (exact) mass is 869 g/mol. The van der Waals surface area contributed by atoms with Gasteiger partial charge in [-0.1, -0.05) is 0 Å². The molecule has 8 heterocycles. The smallest absolute Gasteiger partial charge is 0.306 e. The number of carbonyl (C=O) groups is 2. The highest BCUT2D eigenvalue weighted by molar-refractivity contribution is 7.19. The number of fused-ring (bicyclic) bond motifs is 10. The maximum absolute atomic E-state index is 13.3. The lowest BCUT2D eigenvalue weighted by Crippen LogP contribution is -2.45. The fraction of sp³-hybridized carbons (Fsp3) is 0.378. The molecular weight excluding hydrogens is 827 g/mol. The van der Waals surface area contributed by atoms with Gasteiger partial charge in [-0.25, -0.2) is 19.9 Å². The maximum Gasteiger partial charge on any atom is 0.306 e. The number of carbonyl (C=O) groups excluding carboxylic acids is 1. The Morgan fingerprint density at radius 1 is 0.774 bits per heavy atom. The number of carboxylic acid groups (broad SMARTS) is 1. The van der Waals surface area contributed by atoms with Crippen molar-refractivity contribution >= 4 is 90.4 Å². The largest absolute Gasteiger partial charge is 0.495 e. The van der Waals surface area contributed by atoms with Crippen LogP contribution in [0.3, 0.4) is 0 Å². The Morgan fingerprint density at radius 2 is 1.32 bits per heavy atom. The van der Waals surface area contributed by atoms with E-state index >= 15 is 0 Å². The quantitative estimate of drug-likeness (QED) is 0.142. The lowest BCUT2D eigenvalue weighted by atomic mass is 9.86. The molecule has 2 aromatic carbocycles. The molecule has 0 spiro atoms. The number of hydrogen-bond acceptors (Lipinski definition) is 15. The number of carboxylic acids is 1. The van der Waals surface area contributed by atoms with E-state index < -0.39 is 5.97 Å². The van der Waals surface area contributed by atoms with Crippen LogP contribution in [0, 0.1) is 11.8 Å². The number of nitrogens with zero attached hydrogens (tertiary/aromatic N) is 7. The van der Waals surface area contributed by atoms with E-state index in [2.05, 4.69) is 51.5 Å². The van der Waals surface area contributed by atoms with Gasteiger partial charge < -0.3 is 34.9 Å². The fourth-order valence-electron chi connectivity index (χ4n) is 9.80. The summed E-state index contributed by atoms with van der Waals surface area (Å²) >= 11 is 3.26. The number of aliphatic imine (C=N–C) groups is 2. The lowest BCUT2D eigenvalue weighted by Gasteiger charge is -2.32. The number of thiophene rings is 2. The van der Waals surface area contributed by atoms with Crippen LogP contribution in [0.5, 0.6) is 11.5 Å². The third-order valence-corrected chi connectivity index (χ3v) is 15.3. The average molecular weight is 870 g/mol. The van der Waals surface area contributed by atoms with Crippen molar-refractivity contribution in [2.24, 2.45) is 21.8 Å². The molecule has 3 N–H and O–H groups in total. The zero-order valence-corrected chi connectivity index (χ0v) is 35.8. The predicted octanol–water partition coefficient (Wildman–Crippen LogP) is 7.05. The van der Waals surface area contributed by atoms with Crippen LogP contribution in [0.25, 0.3) is 20.4 Å². The van der Waals surface area contributed by atoms with E-state index in [9.17, 15) is 14.7 Å². The molecule has 2 aliphatic carbocycles. The third kappa shape index (κ3) is 6.82. The first-order valence-corrected chi connectivity index (χ1v) is 22.6. The average Bonchev–Trinajstić information content (AvgIpc) is 4.16. The van der Waals surface area contributed by atoms with Crippen LogP contribution in [0.4, 0.5) is 23.0 Å². The zero-order chi connectivity index (χ0) is 42.1. The van der Waals surface area contributed by atoms with Gasteiger partial charge in [0.25, 0.3) is 0 Å². The Kier molecular flexibility index (Phi) is 9.84. The third-order valence-electron chi connectivity index (χ3n) is 13.0. The summed E-state index contributed by atoms with van der Waals surface area (Å²) in [5, 5.41) is 18.3. The fourth-order valence-corrected chi connectivity index (χ4v) is 12.3. The summed E-state index contributed by atoms with van der Waals surface area (Å²) in [6.45, 7) is 2.81. The van der Waals surface area contributed by atoms with Gasteiger partial charge in [-0.15, -0.1) is 22.7 Å². The summed E-state index contributed by atoms with van der Waals surface area (Å²) in [6, 6.07) is 8.41. The maximum atomic E-state index is 13.3. The first kappa shape index (κ1) is 38.9. The Balaban J connectivity index is 0.000000142. The molecule has 2 saturated heterocycles. The number of benzene rings is 2. The molecule has 2 unspecified atom stereocenters. The highest BCUT2D eigenvalue weighted by Crippen LogP contribution is 2.44. The molecule has 6 aliphatic rings. The number of amides is 1. The van der Waals surface area contributed by atoms with E-state index in [1.165, 1.54) is 16.0 Å². The molecule has 4 aromatic heterocycles. The second-order valence-electron chi connectivity index (χ2n) is 16.6. The molecule has 12 rings (SSSR count). The highest BCUT2D eigenvalue weighted by atomic mass is 32.1. The number of anilines is 4. The summed E-state index contributed by atoms with van der Waals surface area (Å²) in [7, 11) is 3.33. The minimum Gasteiger partial charge on any atom is -0.495 e. The molecule has 4 aliphatic heterocycles. The molecule has 4 atom stereocenters. The van der Waals surface area contributed by atoms with Gasteiger partial charge in [0.2, 0.25) is 5.91 Å². The van der Waals surface area contributed by atoms with Crippen LogP contribution in [-0.4, -0.2) is 93.8 Å². The van der Waals surface area contributed by atoms with Crippen LogP contribution >= 0.6 is 22.7 Å². The summed E-state index contributed by atoms with van der Waals surface area (Å²) in [5.41, 5.74) is 8.62. The topological polar surface area (TPSA) is 186 Å². The molecule has 316 valence electrons. The summed E-state index contributed by atoms with van der Waals surface area (Å²) in [5.74, 6) is 2.32. The number of aliphatic carboxylic acids is 1. The molecule has 15 nitrogen and oxygen atoms in total. The number of ether oxygens (including phenoxy) is 3. The van der Waals surface area contributed by atoms with Crippen molar-refractivity contribution in [1.29, 1.82) is 0 Å². The standard InChI is InChI=1S/C25H25N5O3S.C20H18N4O3S/c1-32-20-5-15-9-26-8-14(15)4-19(20)29-23-22-18-3-2-13(6-21(18)34-24(22)28-12-27-23)25(31)30-10-17-7-16(30)11-33-17;1-27-15-5-12-8-21-7-11(12)4-14(15)24-18-17-13-3-2-10(20(25)26)6-16(13)28-19(17)23-9-22-18/h4-5,8,12-13,16-17H,2-3,6-7,9-11H2,1H3,(H,27,28,29);4-5,7,9-10H,2-3,6,8H2,1H3,(H,25,26)(H,22,23,24)/t13-,16?,17?;10-/m00/s1. The molecule has 62 heavy (non-hydrogen) atoms. The van der Waals surface area contributed by atoms with Crippen molar-refractivity contribution < 1.29 is 28.9 Å². The SMILES string of the molecule is COc1cc2c(cc1Nc1ncnc3sc4c(c13)CC[C@H](C(=O)N1CC3CC1CO3)C4)C=NC2.COc1cc2c(cc1Nc1ncnc3sc4c(c13)CC[C@H](C(=O)O)C4)C=NC2. The van der Waals surface area contributed by atoms with E-state index in [1.807, 2.05) is 30.6 Å². The number of hydrogen-bond donors (Lipinski definition) is 3. The molecule has 0 radical (unpaired) electrons. The van der Waals surface area contributed by atoms with Gasteiger partial charge >= 0.3 is 5.97 Å². The van der Waals surface area contributed by atoms with E-state index in [-0.39, 0.29) is 24.0 Å². The number of aryl methyl sites for hydroxylation is 2. The van der Waals surface area contributed by atoms with Gasteiger partial charge in [0, 0.05) is 34.6 Å². The van der Waals surface area contributed by atoms with Crippen LogP contribution in [0.2, 0.25) is 0 Å². The summed E-state index contributed by atoms with van der Waals surface area (Å²) in [4.78, 5) is 57.7. The lowest BCUT2D eigenvalue weighted by molar-refractivity contribution is -0.142. The van der Waals surface area contributed by atoms with E-state index in [4.69, 9.17) is 14.2 Å². The number of nitrogens with one attached hydrogen (secondary N) is 2. The van der Waals surface area contributed by atoms with Crippen molar-refractivity contribution in [3.05, 3.63) is 80.1 Å². The normalized spacial score (nSPS) is 21.3. The summed E-state index contributed by atoms with van der Waals surface area (Å²) < 4.78 is 16.9. The van der Waals surface area contributed by atoms with Gasteiger partial charge in [0.1, 0.15) is 45.5 Å². The van der Waals surface area contributed by atoms with Crippen molar-refractivity contribution in [3.8, 4) is 11.5 Å². The number of morpholine rings is 1. The minimum atomic E-state index is -0.725. The molecule has 6 aromatic rings. The predicted molar refractivity (Wildman–Crippen MR) is 239 cm³/mol. The Bertz CT molecular complexity index is 2870. The molecule has 0 saturated carbocycles. The highest BCUT2D eigenvalue weighted by Gasteiger charge is 2.44. The van der Waals surface area contributed by atoms with E-state index in [0.29, 0.717) is 38.4 Å². The first-order valence-electron chi connectivity index (χ1n) is 20.9. The van der Waals surface area contributed by atoms with Crippen LogP contribution in [0.15, 0.2) is 46.9 Å². The van der Waals surface area contributed by atoms with Crippen molar-refractivity contribution in [2.45, 2.75) is 70.2 Å². The molecule has 2 fully saturated rings. The Labute approximate surface area is 364 Å². The number of methoxy groups -OCH3 is 2. The Morgan fingerprint density at radius 3 is 1.82 bits per heavy atom. The molecule has 2 bridgehead atoms. The van der Waals surface area contributed by atoms with Crippen molar-refractivity contribution in [1.82, 2.24) is 24.8 Å². The van der Waals surface area contributed by atoms with E-state index in [1.54, 1.807) is 49.5 Å². The molecule has 17 heteroatoms. The van der Waals surface area contributed by atoms with Gasteiger partial charge in [-0.3, -0.25) is 19.6 Å². The number of rotatable bonds is 8. The van der Waals surface area contributed by atoms with E-state index in [0.717, 1.165) is 121 Å². The molecule has 1 amide bonds. The second kappa shape index (κ2) is 15.7. The minimum absolute atomic E-state index is 0.0420. The summed E-state index contributed by atoms with van der Waals surface area (Å²) in [6.07, 6.45) is 12.6. The molecular formula is C45H43N9O6S2. The number of aromatic nitrogens is 4.